The van der Waals surface area contributed by atoms with Crippen molar-refractivity contribution in [1.29, 1.82) is 5.41 Å². The summed E-state index contributed by atoms with van der Waals surface area (Å²) in [6, 6.07) is 3.63. The van der Waals surface area contributed by atoms with Crippen LogP contribution in [0.1, 0.15) is 19.1 Å². The van der Waals surface area contributed by atoms with Gasteiger partial charge in [0, 0.05) is 0 Å². The summed E-state index contributed by atoms with van der Waals surface area (Å²) in [6.45, 7) is 2.29. The van der Waals surface area contributed by atoms with E-state index in [1.54, 1.807) is 12.3 Å². The number of rotatable bonds is 5. The highest BCUT2D eigenvalue weighted by Crippen LogP contribution is 2.06. The van der Waals surface area contributed by atoms with E-state index in [1.807, 2.05) is 13.0 Å². The van der Waals surface area contributed by atoms with Crippen LogP contribution in [0.15, 0.2) is 22.8 Å². The molecular weight excluding hydrogens is 168 g/mol. The highest BCUT2D eigenvalue weighted by atomic mass is 16.5. The molecule has 0 spiro atoms. The molecule has 0 saturated carbocycles. The highest BCUT2D eigenvalue weighted by molar-refractivity contribution is 5.81. The van der Waals surface area contributed by atoms with Crippen molar-refractivity contribution in [1.82, 2.24) is 0 Å². The Morgan fingerprint density at radius 3 is 3.00 bits per heavy atom. The van der Waals surface area contributed by atoms with Crippen molar-refractivity contribution in [3.63, 3.8) is 0 Å². The van der Waals surface area contributed by atoms with Gasteiger partial charge in [-0.25, -0.2) is 0 Å². The number of nitrogens with one attached hydrogen (secondary N) is 1. The summed E-state index contributed by atoms with van der Waals surface area (Å²) in [7, 11) is 0. The van der Waals surface area contributed by atoms with Crippen LogP contribution in [0.5, 0.6) is 0 Å². The average Bonchev–Trinajstić information content (AvgIpc) is 2.57. The molecule has 0 fully saturated rings. The van der Waals surface area contributed by atoms with E-state index in [2.05, 4.69) is 0 Å². The highest BCUT2D eigenvalue weighted by Gasteiger charge is 2.10. The normalized spacial score (nSPS) is 12.7. The zero-order chi connectivity index (χ0) is 9.68. The van der Waals surface area contributed by atoms with Crippen molar-refractivity contribution in [2.45, 2.75) is 26.1 Å². The molecule has 0 saturated heterocycles. The molecule has 0 radical (unpaired) electrons. The van der Waals surface area contributed by atoms with Crippen LogP contribution < -0.4 is 5.73 Å². The van der Waals surface area contributed by atoms with Gasteiger partial charge in [-0.1, -0.05) is 6.92 Å². The molecule has 1 heterocycles. The van der Waals surface area contributed by atoms with E-state index < -0.39 is 0 Å². The van der Waals surface area contributed by atoms with E-state index >= 15 is 0 Å². The minimum absolute atomic E-state index is 0.0639. The van der Waals surface area contributed by atoms with Crippen molar-refractivity contribution in [2.24, 2.45) is 5.73 Å². The number of furan rings is 1. The van der Waals surface area contributed by atoms with Crippen molar-refractivity contribution in [2.75, 3.05) is 0 Å². The maximum atomic E-state index is 7.20. The fraction of sp³-hybridized carbons (Fsp3) is 0.444. The van der Waals surface area contributed by atoms with Gasteiger partial charge in [-0.05, 0) is 18.6 Å². The van der Waals surface area contributed by atoms with Crippen LogP contribution in [0.2, 0.25) is 0 Å². The predicted molar refractivity (Wildman–Crippen MR) is 49.5 cm³/mol. The lowest BCUT2D eigenvalue weighted by Crippen LogP contribution is -2.29. The minimum Gasteiger partial charge on any atom is -0.467 e. The van der Waals surface area contributed by atoms with Gasteiger partial charge in [0.15, 0.2) is 0 Å². The summed E-state index contributed by atoms with van der Waals surface area (Å²) in [5.41, 5.74) is 5.31. The smallest absolute Gasteiger partial charge is 0.129 e. The van der Waals surface area contributed by atoms with Crippen molar-refractivity contribution >= 4 is 5.84 Å². The largest absolute Gasteiger partial charge is 0.467 e. The van der Waals surface area contributed by atoms with Gasteiger partial charge in [0.2, 0.25) is 0 Å². The van der Waals surface area contributed by atoms with Crippen LogP contribution >= 0.6 is 0 Å². The maximum Gasteiger partial charge on any atom is 0.129 e. The Morgan fingerprint density at radius 1 is 1.77 bits per heavy atom. The predicted octanol–water partition coefficient (Wildman–Crippen LogP) is 1.51. The van der Waals surface area contributed by atoms with Crippen LogP contribution in [0.3, 0.4) is 0 Å². The zero-order valence-electron chi connectivity index (χ0n) is 7.62. The molecule has 1 atom stereocenters. The number of ether oxygens (including phenoxy) is 1. The lowest BCUT2D eigenvalue weighted by Gasteiger charge is -2.12. The molecule has 1 rings (SSSR count). The van der Waals surface area contributed by atoms with Crippen molar-refractivity contribution in [3.8, 4) is 0 Å². The Labute approximate surface area is 77.2 Å². The molecule has 0 amide bonds. The van der Waals surface area contributed by atoms with Gasteiger partial charge in [0.1, 0.15) is 24.3 Å². The Hall–Kier alpha value is -1.29. The van der Waals surface area contributed by atoms with Gasteiger partial charge in [-0.3, -0.25) is 5.41 Å². The molecule has 0 aromatic carbocycles. The summed E-state index contributed by atoms with van der Waals surface area (Å²) in [5, 5.41) is 7.20. The van der Waals surface area contributed by atoms with Crippen molar-refractivity contribution in [3.05, 3.63) is 24.2 Å². The lowest BCUT2D eigenvalue weighted by atomic mass is 10.2. The molecule has 3 N–H and O–H groups in total. The Bertz CT molecular complexity index is 257. The molecule has 4 heteroatoms. The monoisotopic (exact) mass is 182 g/mol. The Morgan fingerprint density at radius 2 is 2.54 bits per heavy atom. The third-order valence-electron chi connectivity index (χ3n) is 1.72. The standard InChI is InChI=1S/C9H14N2O2/c1-2-8(9(10)11)13-6-7-4-3-5-12-7/h3-5,8H,2,6H2,1H3,(H3,10,11). The van der Waals surface area contributed by atoms with Gasteiger partial charge in [0.25, 0.3) is 0 Å². The van der Waals surface area contributed by atoms with E-state index in [-0.39, 0.29) is 11.9 Å². The number of hydrogen-bond donors (Lipinski definition) is 2. The van der Waals surface area contributed by atoms with E-state index in [4.69, 9.17) is 20.3 Å². The molecule has 13 heavy (non-hydrogen) atoms. The molecule has 0 aliphatic heterocycles. The fourth-order valence-corrected chi connectivity index (χ4v) is 1.00. The number of hydrogen-bond acceptors (Lipinski definition) is 3. The lowest BCUT2D eigenvalue weighted by molar-refractivity contribution is 0.0689. The Kier molecular flexibility index (Phi) is 3.52. The maximum absolute atomic E-state index is 7.20. The number of nitrogens with two attached hydrogens (primary N) is 1. The molecule has 0 aliphatic carbocycles. The molecule has 1 unspecified atom stereocenters. The molecule has 0 bridgehead atoms. The first-order chi connectivity index (χ1) is 6.24. The third-order valence-corrected chi connectivity index (χ3v) is 1.72. The Balaban J connectivity index is 2.36. The molecule has 1 aromatic heterocycles. The second-order valence-electron chi connectivity index (χ2n) is 2.74. The summed E-state index contributed by atoms with van der Waals surface area (Å²) < 4.78 is 10.4. The molecule has 4 nitrogen and oxygen atoms in total. The molecule has 1 aromatic rings. The van der Waals surface area contributed by atoms with Gasteiger partial charge < -0.3 is 14.9 Å². The zero-order valence-corrected chi connectivity index (χ0v) is 7.62. The second kappa shape index (κ2) is 4.67. The summed E-state index contributed by atoms with van der Waals surface area (Å²) in [6.07, 6.45) is 1.99. The van der Waals surface area contributed by atoms with Crippen LogP contribution in [-0.2, 0) is 11.3 Å². The quantitative estimate of drug-likeness (QED) is 0.535. The molecular formula is C9H14N2O2. The van der Waals surface area contributed by atoms with E-state index in [0.29, 0.717) is 13.0 Å². The van der Waals surface area contributed by atoms with Crippen LogP contribution in [0.25, 0.3) is 0 Å². The number of amidine groups is 1. The average molecular weight is 182 g/mol. The summed E-state index contributed by atoms with van der Waals surface area (Å²) in [5.74, 6) is 0.814. The third kappa shape index (κ3) is 2.91. The first-order valence-corrected chi connectivity index (χ1v) is 4.22. The van der Waals surface area contributed by atoms with E-state index in [9.17, 15) is 0 Å². The SMILES string of the molecule is CCC(OCc1ccco1)C(=N)N. The van der Waals surface area contributed by atoms with E-state index in [1.165, 1.54) is 0 Å². The van der Waals surface area contributed by atoms with Crippen LogP contribution in [0, 0.1) is 5.41 Å². The van der Waals surface area contributed by atoms with Crippen LogP contribution in [-0.4, -0.2) is 11.9 Å². The molecule has 0 aliphatic rings. The van der Waals surface area contributed by atoms with E-state index in [0.717, 1.165) is 5.76 Å². The summed E-state index contributed by atoms with van der Waals surface area (Å²) in [4.78, 5) is 0. The fourth-order valence-electron chi connectivity index (χ4n) is 1.00. The topological polar surface area (TPSA) is 72.2 Å². The summed E-state index contributed by atoms with van der Waals surface area (Å²) >= 11 is 0. The first-order valence-electron chi connectivity index (χ1n) is 4.22. The minimum atomic E-state index is -0.301. The first kappa shape index (κ1) is 9.80. The second-order valence-corrected chi connectivity index (χ2v) is 2.74. The van der Waals surface area contributed by atoms with Gasteiger partial charge in [0.05, 0.1) is 6.26 Å². The van der Waals surface area contributed by atoms with Gasteiger partial charge >= 0.3 is 0 Å². The van der Waals surface area contributed by atoms with Crippen LogP contribution in [0.4, 0.5) is 0 Å². The van der Waals surface area contributed by atoms with Crippen molar-refractivity contribution < 1.29 is 9.15 Å². The van der Waals surface area contributed by atoms with Gasteiger partial charge in [-0.15, -0.1) is 0 Å². The van der Waals surface area contributed by atoms with Gasteiger partial charge in [-0.2, -0.15) is 0 Å². The molecule has 72 valence electrons.